The number of amides is 1. The van der Waals surface area contributed by atoms with Gasteiger partial charge in [0.25, 0.3) is 5.91 Å². The number of carbonyl (C=O) groups is 1. The summed E-state index contributed by atoms with van der Waals surface area (Å²) in [4.78, 5) is 11.6. The highest BCUT2D eigenvalue weighted by molar-refractivity contribution is 6.01. The lowest BCUT2D eigenvalue weighted by Crippen LogP contribution is -2.26. The largest absolute Gasteiger partial charge is 0.465 e. The molecule has 1 amide bonds. The molecule has 0 unspecified atom stereocenters. The Morgan fingerprint density at radius 2 is 2.53 bits per heavy atom. The van der Waals surface area contributed by atoms with Gasteiger partial charge in [0.15, 0.2) is 0 Å². The molecule has 0 spiro atoms. The number of furan rings is 1. The van der Waals surface area contributed by atoms with E-state index in [4.69, 9.17) is 14.4 Å². The van der Waals surface area contributed by atoms with Gasteiger partial charge < -0.3 is 14.5 Å². The Morgan fingerprint density at radius 1 is 1.71 bits per heavy atom. The number of hydrogen-bond acceptors (Lipinski definition) is 4. The molecule has 0 aromatic carbocycles. The van der Waals surface area contributed by atoms with Gasteiger partial charge in [0.2, 0.25) is 0 Å². The Bertz CT molecular complexity index is 415. The number of hydrogen-bond donors (Lipinski definition) is 1. The van der Waals surface area contributed by atoms with Crippen LogP contribution in [0, 0.1) is 11.3 Å². The second-order valence-electron chi connectivity index (χ2n) is 3.29. The lowest BCUT2D eigenvalue weighted by molar-refractivity contribution is -0.117. The predicted octanol–water partition coefficient (Wildman–Crippen LogP) is 1.34. The van der Waals surface area contributed by atoms with Gasteiger partial charge in [0, 0.05) is 26.3 Å². The highest BCUT2D eigenvalue weighted by Gasteiger charge is 2.08. The Morgan fingerprint density at radius 3 is 3.12 bits per heavy atom. The summed E-state index contributed by atoms with van der Waals surface area (Å²) in [6, 6.07) is 5.21. The normalized spacial score (nSPS) is 10.9. The molecular weight excluding hydrogens is 220 g/mol. The zero-order chi connectivity index (χ0) is 12.5. The highest BCUT2D eigenvalue weighted by Crippen LogP contribution is 2.06. The fourth-order valence-electron chi connectivity index (χ4n) is 1.18. The molecule has 0 aliphatic heterocycles. The SMILES string of the molecule is COCCCNC(=O)/C(C#N)=C/c1ccco1. The number of nitriles is 1. The summed E-state index contributed by atoms with van der Waals surface area (Å²) >= 11 is 0. The van der Waals surface area contributed by atoms with Crippen molar-refractivity contribution in [2.45, 2.75) is 6.42 Å². The fourth-order valence-corrected chi connectivity index (χ4v) is 1.18. The maximum Gasteiger partial charge on any atom is 0.262 e. The van der Waals surface area contributed by atoms with Crippen molar-refractivity contribution in [3.63, 3.8) is 0 Å². The summed E-state index contributed by atoms with van der Waals surface area (Å²) in [5.41, 5.74) is 0.0253. The summed E-state index contributed by atoms with van der Waals surface area (Å²) in [5.74, 6) is 0.0774. The van der Waals surface area contributed by atoms with E-state index in [1.165, 1.54) is 12.3 Å². The molecule has 1 heterocycles. The lowest BCUT2D eigenvalue weighted by atomic mass is 10.2. The van der Waals surface area contributed by atoms with E-state index in [1.807, 2.05) is 6.07 Å². The first-order valence-electron chi connectivity index (χ1n) is 5.20. The van der Waals surface area contributed by atoms with Crippen LogP contribution in [0.3, 0.4) is 0 Å². The fraction of sp³-hybridized carbons (Fsp3) is 0.333. The average Bonchev–Trinajstić information content (AvgIpc) is 2.84. The topological polar surface area (TPSA) is 75.3 Å². The third kappa shape index (κ3) is 4.53. The maximum absolute atomic E-state index is 11.6. The molecule has 0 saturated carbocycles. The molecule has 5 nitrogen and oxygen atoms in total. The second-order valence-corrected chi connectivity index (χ2v) is 3.29. The van der Waals surface area contributed by atoms with Gasteiger partial charge in [-0.3, -0.25) is 4.79 Å². The Kier molecular flexibility index (Phi) is 5.55. The van der Waals surface area contributed by atoms with Crippen LogP contribution in [-0.4, -0.2) is 26.2 Å². The first-order valence-corrected chi connectivity index (χ1v) is 5.20. The van der Waals surface area contributed by atoms with Crippen molar-refractivity contribution in [3.8, 4) is 6.07 Å². The van der Waals surface area contributed by atoms with Gasteiger partial charge in [-0.05, 0) is 18.6 Å². The van der Waals surface area contributed by atoms with Crippen LogP contribution < -0.4 is 5.32 Å². The number of rotatable bonds is 6. The van der Waals surface area contributed by atoms with Gasteiger partial charge in [-0.2, -0.15) is 5.26 Å². The smallest absolute Gasteiger partial charge is 0.262 e. The third-order valence-corrected chi connectivity index (χ3v) is 2.01. The number of ether oxygens (including phenoxy) is 1. The van der Waals surface area contributed by atoms with Crippen LogP contribution in [-0.2, 0) is 9.53 Å². The first kappa shape index (κ1) is 13.0. The number of nitrogens with zero attached hydrogens (tertiary/aromatic N) is 1. The molecule has 90 valence electrons. The van der Waals surface area contributed by atoms with Gasteiger partial charge in [-0.25, -0.2) is 0 Å². The lowest BCUT2D eigenvalue weighted by Gasteiger charge is -2.02. The van der Waals surface area contributed by atoms with Gasteiger partial charge in [0.1, 0.15) is 17.4 Å². The number of methoxy groups -OCH3 is 1. The average molecular weight is 234 g/mol. The summed E-state index contributed by atoms with van der Waals surface area (Å²) in [7, 11) is 1.60. The highest BCUT2D eigenvalue weighted by atomic mass is 16.5. The van der Waals surface area contributed by atoms with Gasteiger partial charge in [-0.1, -0.05) is 0 Å². The van der Waals surface area contributed by atoms with E-state index >= 15 is 0 Å². The van der Waals surface area contributed by atoms with Gasteiger partial charge in [-0.15, -0.1) is 0 Å². The minimum atomic E-state index is -0.403. The van der Waals surface area contributed by atoms with Crippen molar-refractivity contribution in [2.75, 3.05) is 20.3 Å². The second kappa shape index (κ2) is 7.25. The molecule has 0 fully saturated rings. The van der Waals surface area contributed by atoms with Gasteiger partial charge >= 0.3 is 0 Å². The number of carbonyl (C=O) groups excluding carboxylic acids is 1. The van der Waals surface area contributed by atoms with Gasteiger partial charge in [0.05, 0.1) is 6.26 Å². The number of nitrogens with one attached hydrogen (secondary N) is 1. The molecule has 0 saturated heterocycles. The molecule has 1 aromatic rings. The van der Waals surface area contributed by atoms with E-state index < -0.39 is 5.91 Å². The van der Waals surface area contributed by atoms with Crippen molar-refractivity contribution < 1.29 is 13.9 Å². The van der Waals surface area contributed by atoms with Crippen LogP contribution in [0.4, 0.5) is 0 Å². The van der Waals surface area contributed by atoms with E-state index in [-0.39, 0.29) is 5.57 Å². The van der Waals surface area contributed by atoms with E-state index in [0.29, 0.717) is 25.3 Å². The molecule has 5 heteroatoms. The Hall–Kier alpha value is -2.06. The first-order chi connectivity index (χ1) is 8.27. The predicted molar refractivity (Wildman–Crippen MR) is 61.8 cm³/mol. The van der Waals surface area contributed by atoms with E-state index in [2.05, 4.69) is 5.32 Å². The molecule has 1 rings (SSSR count). The van der Waals surface area contributed by atoms with Crippen molar-refractivity contribution in [1.82, 2.24) is 5.32 Å². The molecule has 1 N–H and O–H groups in total. The maximum atomic E-state index is 11.6. The van der Waals surface area contributed by atoms with Crippen molar-refractivity contribution in [2.24, 2.45) is 0 Å². The zero-order valence-electron chi connectivity index (χ0n) is 9.60. The third-order valence-electron chi connectivity index (χ3n) is 2.01. The quantitative estimate of drug-likeness (QED) is 0.458. The van der Waals surface area contributed by atoms with E-state index in [1.54, 1.807) is 19.2 Å². The van der Waals surface area contributed by atoms with Crippen LogP contribution >= 0.6 is 0 Å². The summed E-state index contributed by atoms with van der Waals surface area (Å²) in [5, 5.41) is 11.5. The molecule has 0 aliphatic rings. The molecule has 1 aromatic heterocycles. The summed E-state index contributed by atoms with van der Waals surface area (Å²) < 4.78 is 9.88. The monoisotopic (exact) mass is 234 g/mol. The van der Waals surface area contributed by atoms with Crippen LogP contribution in [0.15, 0.2) is 28.4 Å². The van der Waals surface area contributed by atoms with E-state index in [9.17, 15) is 4.79 Å². The molecular formula is C12H14N2O3. The molecule has 0 bridgehead atoms. The van der Waals surface area contributed by atoms with Crippen LogP contribution in [0.2, 0.25) is 0 Å². The molecule has 0 aliphatic carbocycles. The zero-order valence-corrected chi connectivity index (χ0v) is 9.60. The Balaban J connectivity index is 2.51. The van der Waals surface area contributed by atoms with E-state index in [0.717, 1.165) is 0 Å². The van der Waals surface area contributed by atoms with Crippen molar-refractivity contribution in [1.29, 1.82) is 5.26 Å². The minimum absolute atomic E-state index is 0.0253. The van der Waals surface area contributed by atoms with Crippen LogP contribution in [0.5, 0.6) is 0 Å². The summed E-state index contributed by atoms with van der Waals surface area (Å²) in [6.07, 6.45) is 3.60. The minimum Gasteiger partial charge on any atom is -0.465 e. The molecule has 0 atom stereocenters. The van der Waals surface area contributed by atoms with Crippen molar-refractivity contribution in [3.05, 3.63) is 29.7 Å². The molecule has 17 heavy (non-hydrogen) atoms. The van der Waals surface area contributed by atoms with Crippen molar-refractivity contribution >= 4 is 12.0 Å². The van der Waals surface area contributed by atoms with Crippen LogP contribution in [0.25, 0.3) is 6.08 Å². The Labute approximate surface area is 99.7 Å². The molecule has 0 radical (unpaired) electrons. The standard InChI is InChI=1S/C12H14N2O3/c1-16-6-3-5-14-12(15)10(9-13)8-11-4-2-7-17-11/h2,4,7-8H,3,5-6H2,1H3,(H,14,15)/b10-8+. The summed E-state index contributed by atoms with van der Waals surface area (Å²) in [6.45, 7) is 1.05. The van der Waals surface area contributed by atoms with Crippen LogP contribution in [0.1, 0.15) is 12.2 Å².